The molecule has 2 aliphatic rings. The molecule has 2 N–H and O–H groups in total. The number of benzene rings is 1. The number of rotatable bonds is 5. The van der Waals surface area contributed by atoms with Crippen molar-refractivity contribution in [3.05, 3.63) is 24.3 Å². The van der Waals surface area contributed by atoms with Crippen LogP contribution in [-0.2, 0) is 0 Å². The molecule has 0 bridgehead atoms. The zero-order chi connectivity index (χ0) is 16.3. The zero-order valence-corrected chi connectivity index (χ0v) is 13.8. The van der Waals surface area contributed by atoms with Gasteiger partial charge in [-0.2, -0.15) is 5.32 Å². The van der Waals surface area contributed by atoms with Crippen LogP contribution in [0.5, 0.6) is 0 Å². The average Bonchev–Trinajstić information content (AvgIpc) is 3.35. The Hall–Kier alpha value is -1.75. The third-order valence-corrected chi connectivity index (χ3v) is 5.14. The molecule has 5 heteroatoms. The summed E-state index contributed by atoms with van der Waals surface area (Å²) >= 11 is 0. The predicted octanol–water partition coefficient (Wildman–Crippen LogP) is 2.64. The van der Waals surface area contributed by atoms with Crippen LogP contribution >= 0.6 is 0 Å². The smallest absolute Gasteiger partial charge is 0.341 e. The number of carbonyl (C=O) groups excluding carboxylic acids is 1. The second-order valence-electron chi connectivity index (χ2n) is 7.11. The summed E-state index contributed by atoms with van der Waals surface area (Å²) in [5.74, 6) is 0.818. The maximum Gasteiger partial charge on any atom is 0.341 e. The number of hydrogen-bond acceptors (Lipinski definition) is 3. The average molecular weight is 316 g/mol. The van der Waals surface area contributed by atoms with Crippen molar-refractivity contribution in [3.8, 4) is 0 Å². The molecule has 2 amide bonds. The third kappa shape index (κ3) is 4.16. The number of amides is 2. The Kier molecular flexibility index (Phi) is 4.76. The minimum atomic E-state index is -0.329. The van der Waals surface area contributed by atoms with Crippen molar-refractivity contribution < 1.29 is 9.90 Å². The van der Waals surface area contributed by atoms with Crippen LogP contribution in [0.15, 0.2) is 24.3 Å². The van der Waals surface area contributed by atoms with Crippen LogP contribution in [0.4, 0.5) is 16.2 Å². The van der Waals surface area contributed by atoms with Gasteiger partial charge in [0.1, 0.15) is 0 Å². The van der Waals surface area contributed by atoms with Gasteiger partial charge in [0.15, 0.2) is 0 Å². The number of anilines is 1. The van der Waals surface area contributed by atoms with Crippen molar-refractivity contribution in [1.29, 1.82) is 0 Å². The third-order valence-electron chi connectivity index (χ3n) is 5.14. The molecule has 5 nitrogen and oxygen atoms in total. The summed E-state index contributed by atoms with van der Waals surface area (Å²) in [6.07, 6.45) is 4.43. The van der Waals surface area contributed by atoms with Crippen molar-refractivity contribution >= 4 is 17.4 Å². The van der Waals surface area contributed by atoms with Gasteiger partial charge in [0.25, 0.3) is 0 Å². The first-order valence-corrected chi connectivity index (χ1v) is 8.56. The lowest BCUT2D eigenvalue weighted by atomic mass is 9.99. The molecule has 0 spiro atoms. The fraction of sp³-hybridized carbons (Fsp3) is 0.611. The topological polar surface area (TPSA) is 66.7 Å². The van der Waals surface area contributed by atoms with E-state index in [0.717, 1.165) is 31.8 Å². The van der Waals surface area contributed by atoms with Gasteiger partial charge < -0.3 is 15.3 Å². The van der Waals surface area contributed by atoms with Crippen LogP contribution in [0.2, 0.25) is 0 Å². The van der Waals surface area contributed by atoms with Gasteiger partial charge >= 0.3 is 6.03 Å². The van der Waals surface area contributed by atoms with Crippen molar-refractivity contribution in [2.24, 2.45) is 11.3 Å². The monoisotopic (exact) mass is 316 g/mol. The quantitative estimate of drug-likeness (QED) is 0.877. The number of nitrogens with one attached hydrogen (secondary N) is 1. The summed E-state index contributed by atoms with van der Waals surface area (Å²) in [6.45, 7) is 5.15. The van der Waals surface area contributed by atoms with Crippen LogP contribution in [-0.4, -0.2) is 37.4 Å². The fourth-order valence-electron chi connectivity index (χ4n) is 2.99. The predicted molar refractivity (Wildman–Crippen MR) is 91.0 cm³/mol. The summed E-state index contributed by atoms with van der Waals surface area (Å²) in [5.41, 5.74) is 1.79. The lowest BCUT2D eigenvalue weighted by Gasteiger charge is -2.32. The van der Waals surface area contributed by atoms with E-state index >= 15 is 0 Å². The van der Waals surface area contributed by atoms with E-state index in [1.165, 1.54) is 18.5 Å². The molecule has 1 saturated carbocycles. The maximum absolute atomic E-state index is 11.9. The van der Waals surface area contributed by atoms with Crippen molar-refractivity contribution in [1.82, 2.24) is 10.6 Å². The Morgan fingerprint density at radius 2 is 1.96 bits per heavy atom. The first-order valence-electron chi connectivity index (χ1n) is 8.56. The van der Waals surface area contributed by atoms with E-state index in [2.05, 4.69) is 22.5 Å². The first kappa shape index (κ1) is 16.1. The fourth-order valence-corrected chi connectivity index (χ4v) is 2.99. The highest BCUT2D eigenvalue weighted by Crippen LogP contribution is 2.44. The minimum Gasteiger partial charge on any atom is -0.396 e. The molecule has 1 aliphatic heterocycles. The van der Waals surface area contributed by atoms with Crippen molar-refractivity contribution in [2.75, 3.05) is 31.1 Å². The van der Waals surface area contributed by atoms with Gasteiger partial charge in [-0.15, -0.1) is 0 Å². The first-order chi connectivity index (χ1) is 11.1. The highest BCUT2D eigenvalue weighted by Gasteiger charge is 2.42. The second-order valence-corrected chi connectivity index (χ2v) is 7.11. The van der Waals surface area contributed by atoms with E-state index in [4.69, 9.17) is 0 Å². The van der Waals surface area contributed by atoms with Crippen LogP contribution in [0.25, 0.3) is 0 Å². The van der Waals surface area contributed by atoms with Gasteiger partial charge in [0.05, 0.1) is 12.3 Å². The molecule has 0 atom stereocenters. The number of urea groups is 1. The summed E-state index contributed by atoms with van der Waals surface area (Å²) < 4.78 is 0. The highest BCUT2D eigenvalue weighted by molar-refractivity contribution is 5.79. The molecule has 3 rings (SSSR count). The highest BCUT2D eigenvalue weighted by atomic mass is 16.3. The van der Waals surface area contributed by atoms with Gasteiger partial charge in [-0.3, -0.25) is 0 Å². The summed E-state index contributed by atoms with van der Waals surface area (Å²) in [4.78, 5) is 14.2. The number of aliphatic hydroxyl groups excluding tert-OH is 1. The molecule has 23 heavy (non-hydrogen) atoms. The van der Waals surface area contributed by atoms with Gasteiger partial charge in [-0.05, 0) is 55.9 Å². The molecule has 1 saturated heterocycles. The lowest BCUT2D eigenvalue weighted by molar-refractivity contribution is 0.204. The normalized spacial score (nSPS) is 20.2. The molecule has 1 aromatic rings. The molecule has 1 aromatic carbocycles. The van der Waals surface area contributed by atoms with Crippen LogP contribution in [0.1, 0.15) is 32.6 Å². The van der Waals surface area contributed by atoms with Gasteiger partial charge in [-0.1, -0.05) is 6.92 Å². The van der Waals surface area contributed by atoms with E-state index < -0.39 is 0 Å². The van der Waals surface area contributed by atoms with E-state index in [1.807, 2.05) is 24.3 Å². The number of hydrogen-bond donors (Lipinski definition) is 2. The minimum absolute atomic E-state index is 0.0829. The number of piperidine rings is 1. The van der Waals surface area contributed by atoms with E-state index in [-0.39, 0.29) is 18.1 Å². The van der Waals surface area contributed by atoms with E-state index in [1.54, 1.807) is 0 Å². The SMILES string of the molecule is CC1CCN(c2ccc([N]C(=O)NCC3(CO)CC3)cc2)CC1. The van der Waals surface area contributed by atoms with E-state index in [0.29, 0.717) is 12.2 Å². The van der Waals surface area contributed by atoms with Gasteiger partial charge in [0, 0.05) is 30.7 Å². The number of aliphatic hydroxyl groups is 1. The molecule has 0 aromatic heterocycles. The number of carbonyl (C=O) groups is 1. The van der Waals surface area contributed by atoms with Crippen molar-refractivity contribution in [2.45, 2.75) is 32.6 Å². The Labute approximate surface area is 138 Å². The molecule has 2 fully saturated rings. The summed E-state index contributed by atoms with van der Waals surface area (Å²) in [6, 6.07) is 7.54. The maximum atomic E-state index is 11.9. The second kappa shape index (κ2) is 6.79. The Morgan fingerprint density at radius 3 is 2.52 bits per heavy atom. The molecule has 125 valence electrons. The Balaban J connectivity index is 1.48. The molecule has 0 unspecified atom stereocenters. The Bertz CT molecular complexity index is 532. The van der Waals surface area contributed by atoms with Crippen molar-refractivity contribution in [3.63, 3.8) is 0 Å². The summed E-state index contributed by atoms with van der Waals surface area (Å²) in [7, 11) is 0. The molecule has 1 aliphatic carbocycles. The van der Waals surface area contributed by atoms with Crippen LogP contribution in [0.3, 0.4) is 0 Å². The van der Waals surface area contributed by atoms with Gasteiger partial charge in [-0.25, -0.2) is 4.79 Å². The molecule has 1 radical (unpaired) electrons. The van der Waals surface area contributed by atoms with Gasteiger partial charge in [0.2, 0.25) is 0 Å². The molecular formula is C18H26N3O2. The van der Waals surface area contributed by atoms with E-state index in [9.17, 15) is 9.90 Å². The molecule has 1 heterocycles. The zero-order valence-electron chi connectivity index (χ0n) is 13.8. The number of nitrogens with zero attached hydrogens (tertiary/aromatic N) is 2. The lowest BCUT2D eigenvalue weighted by Crippen LogP contribution is -2.34. The largest absolute Gasteiger partial charge is 0.396 e. The Morgan fingerprint density at radius 1 is 1.30 bits per heavy atom. The standard InChI is InChI=1S/C18H26N3O2/c1-14-6-10-21(11-7-14)16-4-2-15(3-5-16)20-17(23)19-12-18(13-22)8-9-18/h2-5,14,22H,6-13H2,1H3,(H,19,23). The van der Waals surface area contributed by atoms with Crippen LogP contribution in [0, 0.1) is 11.3 Å². The molecular weight excluding hydrogens is 290 g/mol. The van der Waals surface area contributed by atoms with Crippen LogP contribution < -0.4 is 15.5 Å². The summed E-state index contributed by atoms with van der Waals surface area (Å²) in [5, 5.41) is 16.1.